The van der Waals surface area contributed by atoms with Crippen LogP contribution in [0.3, 0.4) is 0 Å². The molecule has 20 heavy (non-hydrogen) atoms. The average Bonchev–Trinajstić information content (AvgIpc) is 2.47. The van der Waals surface area contributed by atoms with E-state index in [2.05, 4.69) is 18.7 Å². The maximum absolute atomic E-state index is 11.6. The van der Waals surface area contributed by atoms with E-state index in [0.717, 1.165) is 25.2 Å². The molecule has 0 bridgehead atoms. The van der Waals surface area contributed by atoms with Gasteiger partial charge in [0.15, 0.2) is 0 Å². The Hall–Kier alpha value is -1.39. The summed E-state index contributed by atoms with van der Waals surface area (Å²) in [4.78, 5) is 13.9. The second kappa shape index (κ2) is 10.4. The van der Waals surface area contributed by atoms with Crippen LogP contribution in [0.5, 0.6) is 0 Å². The Labute approximate surface area is 121 Å². The fourth-order valence-corrected chi connectivity index (χ4v) is 1.86. The van der Waals surface area contributed by atoms with Gasteiger partial charge in [0.05, 0.1) is 19.6 Å². The molecule has 0 aliphatic rings. The van der Waals surface area contributed by atoms with Gasteiger partial charge in [-0.3, -0.25) is 4.79 Å². The monoisotopic (exact) mass is 279 g/mol. The molecule has 0 saturated carbocycles. The van der Waals surface area contributed by atoms with Crippen molar-refractivity contribution in [3.05, 3.63) is 35.9 Å². The smallest absolute Gasteiger partial charge is 0.310 e. The Balaban J connectivity index is 2.02. The Morgan fingerprint density at radius 1 is 1.05 bits per heavy atom. The highest BCUT2D eigenvalue weighted by atomic mass is 16.6. The van der Waals surface area contributed by atoms with Crippen molar-refractivity contribution in [1.82, 2.24) is 4.90 Å². The molecule has 4 heteroatoms. The molecular formula is C16H25NO3. The van der Waals surface area contributed by atoms with Gasteiger partial charge in [0.2, 0.25) is 0 Å². The summed E-state index contributed by atoms with van der Waals surface area (Å²) in [5.74, 6) is -0.205. The molecule has 1 aromatic rings. The third kappa shape index (κ3) is 7.26. The van der Waals surface area contributed by atoms with Crippen LogP contribution in [0.1, 0.15) is 19.4 Å². The van der Waals surface area contributed by atoms with Gasteiger partial charge in [0, 0.05) is 6.54 Å². The summed E-state index contributed by atoms with van der Waals surface area (Å²) >= 11 is 0. The first-order valence-corrected chi connectivity index (χ1v) is 7.25. The maximum Gasteiger partial charge on any atom is 0.310 e. The topological polar surface area (TPSA) is 38.8 Å². The highest BCUT2D eigenvalue weighted by Crippen LogP contribution is 2.00. The SMILES string of the molecule is CCN(CC)CCOCCOC(=O)Cc1ccccc1. The number of hydrogen-bond acceptors (Lipinski definition) is 4. The van der Waals surface area contributed by atoms with Gasteiger partial charge in [-0.2, -0.15) is 0 Å². The fourth-order valence-electron chi connectivity index (χ4n) is 1.86. The van der Waals surface area contributed by atoms with Gasteiger partial charge < -0.3 is 14.4 Å². The lowest BCUT2D eigenvalue weighted by Gasteiger charge is -2.17. The average molecular weight is 279 g/mol. The van der Waals surface area contributed by atoms with Crippen molar-refractivity contribution >= 4 is 5.97 Å². The molecule has 0 unspecified atom stereocenters. The van der Waals surface area contributed by atoms with Crippen LogP contribution in [0.4, 0.5) is 0 Å². The van der Waals surface area contributed by atoms with E-state index in [-0.39, 0.29) is 5.97 Å². The van der Waals surface area contributed by atoms with E-state index >= 15 is 0 Å². The van der Waals surface area contributed by atoms with Crippen LogP contribution in [0.2, 0.25) is 0 Å². The summed E-state index contributed by atoms with van der Waals surface area (Å²) in [5, 5.41) is 0. The molecule has 0 atom stereocenters. The van der Waals surface area contributed by atoms with Crippen LogP contribution < -0.4 is 0 Å². The van der Waals surface area contributed by atoms with Gasteiger partial charge in [-0.15, -0.1) is 0 Å². The standard InChI is InChI=1S/C16H25NO3/c1-3-17(4-2)10-11-19-12-13-20-16(18)14-15-8-6-5-7-9-15/h5-9H,3-4,10-14H2,1-2H3. The van der Waals surface area contributed by atoms with Gasteiger partial charge in [-0.1, -0.05) is 44.2 Å². The van der Waals surface area contributed by atoms with Crippen LogP contribution in [0, 0.1) is 0 Å². The minimum Gasteiger partial charge on any atom is -0.463 e. The van der Waals surface area contributed by atoms with Crippen LogP contribution in [-0.2, 0) is 20.7 Å². The van der Waals surface area contributed by atoms with Crippen molar-refractivity contribution in [2.45, 2.75) is 20.3 Å². The van der Waals surface area contributed by atoms with E-state index in [1.165, 1.54) is 0 Å². The molecule has 112 valence electrons. The molecule has 0 saturated heterocycles. The zero-order valence-electron chi connectivity index (χ0n) is 12.5. The molecule has 0 amide bonds. The zero-order valence-corrected chi connectivity index (χ0v) is 12.5. The van der Waals surface area contributed by atoms with E-state index in [1.54, 1.807) is 0 Å². The molecular weight excluding hydrogens is 254 g/mol. The third-order valence-electron chi connectivity index (χ3n) is 3.13. The predicted octanol–water partition coefficient (Wildman–Crippen LogP) is 2.13. The van der Waals surface area contributed by atoms with E-state index in [9.17, 15) is 4.79 Å². The summed E-state index contributed by atoms with van der Waals surface area (Å²) in [6.45, 7) is 8.72. The molecule has 1 aromatic carbocycles. The lowest BCUT2D eigenvalue weighted by atomic mass is 10.2. The van der Waals surface area contributed by atoms with Gasteiger partial charge in [-0.25, -0.2) is 0 Å². The molecule has 0 fully saturated rings. The first-order valence-electron chi connectivity index (χ1n) is 7.25. The van der Waals surface area contributed by atoms with Crippen molar-refractivity contribution in [2.24, 2.45) is 0 Å². The molecule has 1 rings (SSSR count). The second-order valence-corrected chi connectivity index (χ2v) is 4.52. The number of rotatable bonds is 10. The normalized spacial score (nSPS) is 10.8. The van der Waals surface area contributed by atoms with Crippen LogP contribution >= 0.6 is 0 Å². The van der Waals surface area contributed by atoms with E-state index in [0.29, 0.717) is 26.2 Å². The van der Waals surface area contributed by atoms with Gasteiger partial charge in [0.25, 0.3) is 0 Å². The van der Waals surface area contributed by atoms with Crippen molar-refractivity contribution in [3.63, 3.8) is 0 Å². The molecule has 0 aliphatic carbocycles. The van der Waals surface area contributed by atoms with Gasteiger partial charge in [-0.05, 0) is 18.7 Å². The summed E-state index contributed by atoms with van der Waals surface area (Å²) in [6.07, 6.45) is 0.320. The first-order chi connectivity index (χ1) is 9.76. The molecule has 0 heterocycles. The largest absolute Gasteiger partial charge is 0.463 e. The number of likely N-dealkylation sites (N-methyl/N-ethyl adjacent to an activating group) is 1. The van der Waals surface area contributed by atoms with Crippen molar-refractivity contribution in [1.29, 1.82) is 0 Å². The van der Waals surface area contributed by atoms with Crippen LogP contribution in [0.25, 0.3) is 0 Å². The second-order valence-electron chi connectivity index (χ2n) is 4.52. The highest BCUT2D eigenvalue weighted by molar-refractivity contribution is 5.72. The molecule has 4 nitrogen and oxygen atoms in total. The maximum atomic E-state index is 11.6. The van der Waals surface area contributed by atoms with Crippen LogP contribution in [0.15, 0.2) is 30.3 Å². The summed E-state index contributed by atoms with van der Waals surface area (Å²) < 4.78 is 10.6. The summed E-state index contributed by atoms with van der Waals surface area (Å²) in [6, 6.07) is 9.60. The number of hydrogen-bond donors (Lipinski definition) is 0. The third-order valence-corrected chi connectivity index (χ3v) is 3.13. The van der Waals surface area contributed by atoms with Crippen molar-refractivity contribution < 1.29 is 14.3 Å². The van der Waals surface area contributed by atoms with E-state index in [1.807, 2.05) is 30.3 Å². The molecule has 0 spiro atoms. The zero-order chi connectivity index (χ0) is 14.6. The Bertz CT molecular complexity index is 363. The van der Waals surface area contributed by atoms with Gasteiger partial charge >= 0.3 is 5.97 Å². The molecule has 0 aliphatic heterocycles. The lowest BCUT2D eigenvalue weighted by Crippen LogP contribution is -2.27. The number of esters is 1. The van der Waals surface area contributed by atoms with Crippen molar-refractivity contribution in [2.75, 3.05) is 39.5 Å². The Morgan fingerprint density at radius 2 is 1.75 bits per heavy atom. The van der Waals surface area contributed by atoms with E-state index in [4.69, 9.17) is 9.47 Å². The highest BCUT2D eigenvalue weighted by Gasteiger charge is 2.04. The minimum absolute atomic E-state index is 0.205. The number of benzene rings is 1. The number of ether oxygens (including phenoxy) is 2. The fraction of sp³-hybridized carbons (Fsp3) is 0.562. The molecule has 0 radical (unpaired) electrons. The Kier molecular flexibility index (Phi) is 8.67. The van der Waals surface area contributed by atoms with Gasteiger partial charge in [0.1, 0.15) is 6.61 Å². The lowest BCUT2D eigenvalue weighted by molar-refractivity contribution is -0.144. The minimum atomic E-state index is -0.205. The van der Waals surface area contributed by atoms with Crippen molar-refractivity contribution in [3.8, 4) is 0 Å². The number of carbonyl (C=O) groups excluding carboxylic acids is 1. The summed E-state index contributed by atoms with van der Waals surface area (Å²) in [7, 11) is 0. The molecule has 0 aromatic heterocycles. The first kappa shape index (κ1) is 16.7. The van der Waals surface area contributed by atoms with Crippen LogP contribution in [-0.4, -0.2) is 50.3 Å². The summed E-state index contributed by atoms with van der Waals surface area (Å²) in [5.41, 5.74) is 0.972. The van der Waals surface area contributed by atoms with E-state index < -0.39 is 0 Å². The molecule has 0 N–H and O–H groups in total. The Morgan fingerprint density at radius 3 is 2.40 bits per heavy atom. The quantitative estimate of drug-likeness (QED) is 0.486. The number of nitrogens with zero attached hydrogens (tertiary/aromatic N) is 1. The predicted molar refractivity (Wildman–Crippen MR) is 79.7 cm³/mol. The number of carbonyl (C=O) groups is 1.